The molecule has 2 N–H and O–H groups in total. The van der Waals surface area contributed by atoms with Crippen molar-refractivity contribution in [3.8, 4) is 11.4 Å². The molecule has 4 aromatic rings. The fourth-order valence-electron chi connectivity index (χ4n) is 3.17. The fourth-order valence-corrected chi connectivity index (χ4v) is 4.37. The van der Waals surface area contributed by atoms with Crippen molar-refractivity contribution in [1.82, 2.24) is 9.55 Å². The van der Waals surface area contributed by atoms with Gasteiger partial charge in [0.15, 0.2) is 0 Å². The molecule has 0 unspecified atom stereocenters. The molecule has 0 fully saturated rings. The Hall–Kier alpha value is -3.20. The number of fused-ring (bicyclic) bond motifs is 1. The minimum Gasteiger partial charge on any atom is -0.478 e. The number of aromatic nitrogens is 2. The largest absolute Gasteiger partial charge is 0.478 e. The summed E-state index contributed by atoms with van der Waals surface area (Å²) in [5.41, 5.74) is 1.31. The van der Waals surface area contributed by atoms with E-state index in [4.69, 9.17) is 23.2 Å². The number of halogens is 2. The molecule has 0 atom stereocenters. The van der Waals surface area contributed by atoms with Crippen molar-refractivity contribution in [2.24, 2.45) is 0 Å². The number of amides is 1. The van der Waals surface area contributed by atoms with Gasteiger partial charge in [-0.1, -0.05) is 53.0 Å². The highest BCUT2D eigenvalue weighted by Crippen LogP contribution is 2.27. The number of hydrogen-bond acceptors (Lipinski definition) is 5. The molecule has 10 heteroatoms. The number of anilines is 1. The SMILES string of the molecule is Cc1ccc(-c2nc3scc(C(=O)O)c3c(=O)n2CC(=O)Nc2ccc(Cl)c(Cl)c2)cc1. The highest BCUT2D eigenvalue weighted by molar-refractivity contribution is 7.17. The number of aryl methyl sites for hydroxylation is 1. The molecule has 0 aliphatic rings. The Balaban J connectivity index is 1.81. The van der Waals surface area contributed by atoms with E-state index in [1.807, 2.05) is 19.1 Å². The number of aromatic carboxylic acids is 1. The van der Waals surface area contributed by atoms with Gasteiger partial charge >= 0.3 is 5.97 Å². The van der Waals surface area contributed by atoms with E-state index in [9.17, 15) is 19.5 Å². The molecular formula is C22H15Cl2N3O4S. The number of carboxylic acid groups (broad SMARTS) is 1. The van der Waals surface area contributed by atoms with Crippen molar-refractivity contribution in [2.75, 3.05) is 5.32 Å². The highest BCUT2D eigenvalue weighted by Gasteiger charge is 2.21. The predicted molar refractivity (Wildman–Crippen MR) is 126 cm³/mol. The molecule has 0 radical (unpaired) electrons. The zero-order valence-electron chi connectivity index (χ0n) is 16.6. The lowest BCUT2D eigenvalue weighted by molar-refractivity contribution is -0.116. The molecule has 0 spiro atoms. The Bertz CT molecular complexity index is 1430. The molecule has 2 aromatic heterocycles. The van der Waals surface area contributed by atoms with Crippen molar-refractivity contribution < 1.29 is 14.7 Å². The molecule has 0 bridgehead atoms. The average molecular weight is 488 g/mol. The number of benzene rings is 2. The summed E-state index contributed by atoms with van der Waals surface area (Å²) in [4.78, 5) is 42.5. The monoisotopic (exact) mass is 487 g/mol. The van der Waals surface area contributed by atoms with E-state index in [0.29, 0.717) is 21.1 Å². The molecule has 2 aromatic carbocycles. The lowest BCUT2D eigenvalue weighted by atomic mass is 10.1. The first kappa shape index (κ1) is 22.0. The fraction of sp³-hybridized carbons (Fsp3) is 0.0909. The summed E-state index contributed by atoms with van der Waals surface area (Å²) in [5, 5.41) is 14.1. The van der Waals surface area contributed by atoms with Crippen LogP contribution in [0.3, 0.4) is 0 Å². The predicted octanol–water partition coefficient (Wildman–Crippen LogP) is 5.08. The first-order valence-corrected chi connectivity index (χ1v) is 11.0. The lowest BCUT2D eigenvalue weighted by Crippen LogP contribution is -2.30. The molecule has 0 aliphatic carbocycles. The number of rotatable bonds is 5. The summed E-state index contributed by atoms with van der Waals surface area (Å²) in [6.45, 7) is 1.55. The maximum Gasteiger partial charge on any atom is 0.337 e. The average Bonchev–Trinajstić information content (AvgIpc) is 3.18. The van der Waals surface area contributed by atoms with E-state index in [0.717, 1.165) is 16.9 Å². The summed E-state index contributed by atoms with van der Waals surface area (Å²) in [6, 6.07) is 11.9. The van der Waals surface area contributed by atoms with Gasteiger partial charge in [0.05, 0.1) is 21.0 Å². The minimum atomic E-state index is -1.23. The molecule has 2 heterocycles. The van der Waals surface area contributed by atoms with E-state index in [1.54, 1.807) is 24.3 Å². The third-order valence-electron chi connectivity index (χ3n) is 4.74. The van der Waals surface area contributed by atoms with E-state index in [-0.39, 0.29) is 28.3 Å². The highest BCUT2D eigenvalue weighted by atomic mass is 35.5. The van der Waals surface area contributed by atoms with Crippen LogP contribution in [0, 0.1) is 6.92 Å². The van der Waals surface area contributed by atoms with E-state index in [2.05, 4.69) is 10.3 Å². The summed E-state index contributed by atoms with van der Waals surface area (Å²) < 4.78 is 1.18. The molecule has 0 saturated heterocycles. The van der Waals surface area contributed by atoms with Crippen LogP contribution in [-0.4, -0.2) is 26.5 Å². The van der Waals surface area contributed by atoms with Gasteiger partial charge in [0, 0.05) is 16.6 Å². The van der Waals surface area contributed by atoms with Gasteiger partial charge < -0.3 is 10.4 Å². The summed E-state index contributed by atoms with van der Waals surface area (Å²) in [5.74, 6) is -1.47. The van der Waals surface area contributed by atoms with E-state index < -0.39 is 17.4 Å². The molecule has 4 rings (SSSR count). The van der Waals surface area contributed by atoms with E-state index >= 15 is 0 Å². The van der Waals surface area contributed by atoms with Gasteiger partial charge in [-0.25, -0.2) is 9.78 Å². The second-order valence-electron chi connectivity index (χ2n) is 7.00. The second kappa shape index (κ2) is 8.74. The molecule has 1 amide bonds. The Kier molecular flexibility index (Phi) is 6.01. The summed E-state index contributed by atoms with van der Waals surface area (Å²) >= 11 is 13.0. The number of nitrogens with one attached hydrogen (secondary N) is 1. The van der Waals surface area contributed by atoms with Gasteiger partial charge in [-0.3, -0.25) is 14.2 Å². The Morgan fingerprint density at radius 3 is 2.50 bits per heavy atom. The van der Waals surface area contributed by atoms with Gasteiger partial charge in [-0.2, -0.15) is 0 Å². The number of carbonyl (C=O) groups is 2. The molecule has 162 valence electrons. The smallest absolute Gasteiger partial charge is 0.337 e. The van der Waals surface area contributed by atoms with Gasteiger partial charge in [0.2, 0.25) is 5.91 Å². The Morgan fingerprint density at radius 1 is 1.12 bits per heavy atom. The van der Waals surface area contributed by atoms with Crippen LogP contribution in [0.5, 0.6) is 0 Å². The van der Waals surface area contributed by atoms with Crippen molar-refractivity contribution in [3.63, 3.8) is 0 Å². The van der Waals surface area contributed by atoms with Crippen LogP contribution >= 0.6 is 34.5 Å². The third-order valence-corrected chi connectivity index (χ3v) is 6.35. The topological polar surface area (TPSA) is 101 Å². The van der Waals surface area contributed by atoms with Crippen LogP contribution < -0.4 is 10.9 Å². The van der Waals surface area contributed by atoms with Crippen LogP contribution in [0.2, 0.25) is 10.0 Å². The van der Waals surface area contributed by atoms with Crippen LogP contribution in [0.15, 0.2) is 52.6 Å². The number of carboxylic acids is 1. The maximum atomic E-state index is 13.3. The molecular weight excluding hydrogens is 473 g/mol. The standard InChI is InChI=1S/C22H15Cl2N3O4S/c1-11-2-4-12(5-3-11)19-26-20-18(14(10-32-20)22(30)31)21(29)27(19)9-17(28)25-13-6-7-15(23)16(24)8-13/h2-8,10H,9H2,1H3,(H,25,28)(H,30,31). The van der Waals surface area contributed by atoms with Crippen LogP contribution in [0.1, 0.15) is 15.9 Å². The quantitative estimate of drug-likeness (QED) is 0.408. The first-order chi connectivity index (χ1) is 15.2. The van der Waals surface area contributed by atoms with Crippen LogP contribution in [0.25, 0.3) is 21.6 Å². The molecule has 32 heavy (non-hydrogen) atoms. The summed E-state index contributed by atoms with van der Waals surface area (Å²) in [6.07, 6.45) is 0. The van der Waals surface area contributed by atoms with Crippen molar-refractivity contribution >= 4 is 62.3 Å². The van der Waals surface area contributed by atoms with Gasteiger partial charge in [0.25, 0.3) is 5.56 Å². The van der Waals surface area contributed by atoms with Crippen molar-refractivity contribution in [2.45, 2.75) is 13.5 Å². The first-order valence-electron chi connectivity index (χ1n) is 9.32. The molecule has 0 saturated carbocycles. The summed E-state index contributed by atoms with van der Waals surface area (Å²) in [7, 11) is 0. The zero-order chi connectivity index (χ0) is 23.0. The van der Waals surface area contributed by atoms with Crippen molar-refractivity contribution in [3.05, 3.63) is 79.4 Å². The Morgan fingerprint density at radius 2 is 1.84 bits per heavy atom. The van der Waals surface area contributed by atoms with Gasteiger partial charge in [-0.15, -0.1) is 11.3 Å². The number of thiophene rings is 1. The normalized spacial score (nSPS) is 11.0. The van der Waals surface area contributed by atoms with Gasteiger partial charge in [0.1, 0.15) is 17.2 Å². The van der Waals surface area contributed by atoms with E-state index in [1.165, 1.54) is 16.0 Å². The lowest BCUT2D eigenvalue weighted by Gasteiger charge is -2.13. The maximum absolute atomic E-state index is 13.3. The third kappa shape index (κ3) is 4.25. The molecule has 7 nitrogen and oxygen atoms in total. The second-order valence-corrected chi connectivity index (χ2v) is 8.68. The minimum absolute atomic E-state index is 0.0271. The number of hydrogen-bond donors (Lipinski definition) is 2. The molecule has 0 aliphatic heterocycles. The van der Waals surface area contributed by atoms with Crippen LogP contribution in [-0.2, 0) is 11.3 Å². The van der Waals surface area contributed by atoms with Gasteiger partial charge in [-0.05, 0) is 25.1 Å². The zero-order valence-corrected chi connectivity index (χ0v) is 18.9. The van der Waals surface area contributed by atoms with Crippen molar-refractivity contribution in [1.29, 1.82) is 0 Å². The number of nitrogens with zero attached hydrogens (tertiary/aromatic N) is 2. The van der Waals surface area contributed by atoms with Crippen LogP contribution in [0.4, 0.5) is 5.69 Å². The number of carbonyl (C=O) groups excluding carboxylic acids is 1. The Labute approximate surface area is 195 Å².